The van der Waals surface area contributed by atoms with Crippen molar-refractivity contribution in [2.75, 3.05) is 0 Å². The summed E-state index contributed by atoms with van der Waals surface area (Å²) < 4.78 is 0. The molecule has 4 heteroatoms. The van der Waals surface area contributed by atoms with Crippen molar-refractivity contribution in [1.82, 2.24) is 4.98 Å². The van der Waals surface area contributed by atoms with Crippen molar-refractivity contribution in [3.63, 3.8) is 0 Å². The van der Waals surface area contributed by atoms with Gasteiger partial charge in [-0.3, -0.25) is 4.79 Å². The summed E-state index contributed by atoms with van der Waals surface area (Å²) in [6.45, 7) is 0. The minimum atomic E-state index is -0.247. The fourth-order valence-corrected chi connectivity index (χ4v) is 2.06. The van der Waals surface area contributed by atoms with Crippen LogP contribution in [-0.2, 0) is 0 Å². The molecule has 0 atom stereocenters. The largest absolute Gasteiger partial charge is 0.395 e. The maximum absolute atomic E-state index is 11.9. The summed E-state index contributed by atoms with van der Waals surface area (Å²) >= 11 is 0. The second-order valence-electron chi connectivity index (χ2n) is 4.18. The molecule has 0 radical (unpaired) electrons. The standard InChI is InChI=1S/C14H11N3O/c15-10-7-11(16)14(18)13-9(10)6-12(17-13)8-4-2-1-3-5-8/h1-7,15,17H,16H2. The van der Waals surface area contributed by atoms with Gasteiger partial charge in [0.05, 0.1) is 17.1 Å². The molecule has 0 bridgehead atoms. The topological polar surface area (TPSA) is 82.7 Å². The zero-order chi connectivity index (χ0) is 12.7. The Morgan fingerprint density at radius 1 is 1.17 bits per heavy atom. The lowest BCUT2D eigenvalue weighted by Gasteiger charge is -2.08. The molecule has 18 heavy (non-hydrogen) atoms. The van der Waals surface area contributed by atoms with Gasteiger partial charge in [0.15, 0.2) is 0 Å². The van der Waals surface area contributed by atoms with E-state index in [-0.39, 0.29) is 17.2 Å². The first-order chi connectivity index (χ1) is 8.66. The van der Waals surface area contributed by atoms with Gasteiger partial charge in [-0.2, -0.15) is 0 Å². The smallest absolute Gasteiger partial charge is 0.225 e. The number of carbonyl (C=O) groups excluding carboxylic acids is 1. The molecule has 0 aliphatic heterocycles. The number of hydrogen-bond acceptors (Lipinski definition) is 3. The van der Waals surface area contributed by atoms with Crippen LogP contribution in [-0.4, -0.2) is 16.5 Å². The van der Waals surface area contributed by atoms with Gasteiger partial charge in [0, 0.05) is 11.3 Å². The third kappa shape index (κ3) is 1.47. The molecule has 88 valence electrons. The van der Waals surface area contributed by atoms with Gasteiger partial charge in [-0.15, -0.1) is 0 Å². The first-order valence-electron chi connectivity index (χ1n) is 5.56. The number of aromatic amines is 1. The van der Waals surface area contributed by atoms with Crippen LogP contribution in [0.2, 0.25) is 0 Å². The number of carbonyl (C=O) groups is 1. The van der Waals surface area contributed by atoms with E-state index in [0.717, 1.165) is 11.3 Å². The first-order valence-corrected chi connectivity index (χ1v) is 5.56. The van der Waals surface area contributed by atoms with Crippen LogP contribution in [0.3, 0.4) is 0 Å². The number of aromatic nitrogens is 1. The van der Waals surface area contributed by atoms with Crippen molar-refractivity contribution in [1.29, 1.82) is 5.41 Å². The molecule has 1 aromatic heterocycles. The van der Waals surface area contributed by atoms with Crippen LogP contribution in [0.5, 0.6) is 0 Å². The van der Waals surface area contributed by atoms with Crippen LogP contribution in [0, 0.1) is 5.41 Å². The maximum atomic E-state index is 11.9. The lowest BCUT2D eigenvalue weighted by molar-refractivity contribution is 0.102. The second kappa shape index (κ2) is 3.70. The average molecular weight is 237 g/mol. The number of ketones is 1. The Bertz CT molecular complexity index is 680. The molecule has 0 saturated carbocycles. The quantitative estimate of drug-likeness (QED) is 0.709. The van der Waals surface area contributed by atoms with E-state index in [2.05, 4.69) is 4.98 Å². The molecule has 2 aromatic rings. The summed E-state index contributed by atoms with van der Waals surface area (Å²) in [5.74, 6) is -0.247. The number of H-pyrrole nitrogens is 1. The molecular weight excluding hydrogens is 226 g/mol. The van der Waals surface area contributed by atoms with Crippen LogP contribution >= 0.6 is 0 Å². The van der Waals surface area contributed by atoms with Crippen molar-refractivity contribution >= 4 is 11.5 Å². The van der Waals surface area contributed by atoms with Gasteiger partial charge < -0.3 is 16.1 Å². The van der Waals surface area contributed by atoms with Gasteiger partial charge in [0.25, 0.3) is 0 Å². The molecule has 0 amide bonds. The van der Waals surface area contributed by atoms with Crippen LogP contribution in [0.25, 0.3) is 11.3 Å². The number of rotatable bonds is 1. The Labute approximate surface area is 104 Å². The number of benzene rings is 1. The van der Waals surface area contributed by atoms with E-state index in [9.17, 15) is 4.79 Å². The van der Waals surface area contributed by atoms with Gasteiger partial charge >= 0.3 is 0 Å². The zero-order valence-electron chi connectivity index (χ0n) is 9.53. The summed E-state index contributed by atoms with van der Waals surface area (Å²) in [6, 6.07) is 11.5. The van der Waals surface area contributed by atoms with Gasteiger partial charge in [-0.25, -0.2) is 0 Å². The average Bonchev–Trinajstić information content (AvgIpc) is 2.83. The van der Waals surface area contributed by atoms with E-state index >= 15 is 0 Å². The van der Waals surface area contributed by atoms with Gasteiger partial charge in [0.2, 0.25) is 5.78 Å². The second-order valence-corrected chi connectivity index (χ2v) is 4.18. The summed E-state index contributed by atoms with van der Waals surface area (Å²) in [7, 11) is 0. The molecular formula is C14H11N3O. The number of nitrogens with one attached hydrogen (secondary N) is 2. The Morgan fingerprint density at radius 3 is 2.61 bits per heavy atom. The van der Waals surface area contributed by atoms with Crippen molar-refractivity contribution < 1.29 is 4.79 Å². The highest BCUT2D eigenvalue weighted by atomic mass is 16.1. The number of allylic oxidation sites excluding steroid dienone is 2. The third-order valence-electron chi connectivity index (χ3n) is 2.98. The molecule has 4 nitrogen and oxygen atoms in total. The number of hydrogen-bond donors (Lipinski definition) is 3. The van der Waals surface area contributed by atoms with E-state index in [1.165, 1.54) is 6.08 Å². The van der Waals surface area contributed by atoms with Crippen molar-refractivity contribution in [2.45, 2.75) is 0 Å². The highest BCUT2D eigenvalue weighted by Crippen LogP contribution is 2.25. The lowest BCUT2D eigenvalue weighted by atomic mass is 9.99. The summed E-state index contributed by atoms with van der Waals surface area (Å²) in [5.41, 5.74) is 8.76. The van der Waals surface area contributed by atoms with E-state index in [4.69, 9.17) is 11.1 Å². The minimum Gasteiger partial charge on any atom is -0.395 e. The molecule has 1 aliphatic carbocycles. The van der Waals surface area contributed by atoms with Crippen molar-refractivity contribution in [3.05, 3.63) is 59.4 Å². The highest BCUT2D eigenvalue weighted by Gasteiger charge is 2.24. The SMILES string of the molecule is N=C1C=C(N)C(=O)c2[nH]c(-c3ccccc3)cc21. The Balaban J connectivity index is 2.15. The van der Waals surface area contributed by atoms with E-state index in [1.807, 2.05) is 36.4 Å². The number of Topliss-reactive ketones (excluding diaryl/α,β-unsaturated/α-hetero) is 1. The molecule has 1 aromatic carbocycles. The molecule has 0 unspecified atom stereocenters. The Morgan fingerprint density at radius 2 is 1.89 bits per heavy atom. The molecule has 0 spiro atoms. The first kappa shape index (κ1) is 10.5. The number of fused-ring (bicyclic) bond motifs is 1. The summed E-state index contributed by atoms with van der Waals surface area (Å²) in [6.07, 6.45) is 1.40. The van der Waals surface area contributed by atoms with Crippen LogP contribution in [0.1, 0.15) is 16.1 Å². The molecule has 1 heterocycles. The van der Waals surface area contributed by atoms with E-state index < -0.39 is 0 Å². The lowest BCUT2D eigenvalue weighted by Crippen LogP contribution is -2.21. The Hall–Kier alpha value is -2.62. The van der Waals surface area contributed by atoms with E-state index in [1.54, 1.807) is 0 Å². The normalized spacial score (nSPS) is 14.3. The molecule has 0 saturated heterocycles. The summed E-state index contributed by atoms with van der Waals surface area (Å²) in [5, 5.41) is 7.84. The van der Waals surface area contributed by atoms with Crippen molar-refractivity contribution in [2.24, 2.45) is 5.73 Å². The van der Waals surface area contributed by atoms with Gasteiger partial charge in [-0.05, 0) is 17.7 Å². The highest BCUT2D eigenvalue weighted by molar-refractivity contribution is 6.24. The molecule has 3 rings (SSSR count). The van der Waals surface area contributed by atoms with Gasteiger partial charge in [0.1, 0.15) is 0 Å². The minimum absolute atomic E-state index is 0.106. The number of nitrogens with two attached hydrogens (primary N) is 1. The van der Waals surface area contributed by atoms with E-state index in [0.29, 0.717) is 11.3 Å². The molecule has 4 N–H and O–H groups in total. The molecule has 0 fully saturated rings. The molecule has 1 aliphatic rings. The third-order valence-corrected chi connectivity index (χ3v) is 2.98. The maximum Gasteiger partial charge on any atom is 0.225 e. The fraction of sp³-hybridized carbons (Fsp3) is 0. The summed E-state index contributed by atoms with van der Waals surface area (Å²) in [4.78, 5) is 14.9. The van der Waals surface area contributed by atoms with Gasteiger partial charge in [-0.1, -0.05) is 30.3 Å². The van der Waals surface area contributed by atoms with Crippen molar-refractivity contribution in [3.8, 4) is 11.3 Å². The fourth-order valence-electron chi connectivity index (χ4n) is 2.06. The monoisotopic (exact) mass is 237 g/mol. The Kier molecular flexibility index (Phi) is 2.16. The zero-order valence-corrected chi connectivity index (χ0v) is 9.53. The van der Waals surface area contributed by atoms with Crippen LogP contribution < -0.4 is 5.73 Å². The predicted octanol–water partition coefficient (Wildman–Crippen LogP) is 2.09. The van der Waals surface area contributed by atoms with Crippen LogP contribution in [0.15, 0.2) is 48.2 Å². The van der Waals surface area contributed by atoms with Crippen LogP contribution in [0.4, 0.5) is 0 Å². The predicted molar refractivity (Wildman–Crippen MR) is 69.7 cm³/mol.